The maximum absolute atomic E-state index is 12.6. The Morgan fingerprint density at radius 2 is 1.62 bits per heavy atom. The zero-order valence-electron chi connectivity index (χ0n) is 13.6. The van der Waals surface area contributed by atoms with Crippen molar-refractivity contribution >= 4 is 22.0 Å². The summed E-state index contributed by atoms with van der Waals surface area (Å²) in [6.07, 6.45) is 0. The number of urea groups is 1. The number of piperazine rings is 1. The lowest BCUT2D eigenvalue weighted by molar-refractivity contribution is 0.0696. The van der Waals surface area contributed by atoms with Gasteiger partial charge in [0.05, 0.1) is 10.5 Å². The van der Waals surface area contributed by atoms with Gasteiger partial charge in [-0.15, -0.1) is 0 Å². The molecule has 1 saturated heterocycles. The summed E-state index contributed by atoms with van der Waals surface area (Å²) in [7, 11) is -3.69. The van der Waals surface area contributed by atoms with Gasteiger partial charge in [0.15, 0.2) is 0 Å². The van der Waals surface area contributed by atoms with Crippen LogP contribution >= 0.6 is 0 Å². The maximum atomic E-state index is 12.6. The van der Waals surface area contributed by atoms with Crippen molar-refractivity contribution in [2.24, 2.45) is 0 Å². The van der Waals surface area contributed by atoms with Gasteiger partial charge in [-0.05, 0) is 38.1 Å². The van der Waals surface area contributed by atoms with E-state index in [4.69, 9.17) is 5.11 Å². The van der Waals surface area contributed by atoms with E-state index in [1.165, 1.54) is 28.6 Å². The minimum Gasteiger partial charge on any atom is -0.478 e. The number of rotatable bonds is 4. The molecule has 1 aliphatic rings. The van der Waals surface area contributed by atoms with Crippen molar-refractivity contribution in [2.75, 3.05) is 26.2 Å². The van der Waals surface area contributed by atoms with Crippen LogP contribution in [0.4, 0.5) is 4.79 Å². The van der Waals surface area contributed by atoms with Crippen molar-refractivity contribution in [1.82, 2.24) is 14.5 Å². The molecule has 0 radical (unpaired) electrons. The number of aromatic carboxylic acids is 1. The molecule has 0 unspecified atom stereocenters. The molecule has 2 rings (SSSR count). The smallest absolute Gasteiger partial charge is 0.335 e. The average Bonchev–Trinajstić information content (AvgIpc) is 2.54. The highest BCUT2D eigenvalue weighted by atomic mass is 32.2. The van der Waals surface area contributed by atoms with E-state index in [2.05, 4.69) is 5.32 Å². The zero-order valence-corrected chi connectivity index (χ0v) is 14.4. The molecule has 1 heterocycles. The third-order valence-corrected chi connectivity index (χ3v) is 5.59. The van der Waals surface area contributed by atoms with E-state index in [1.54, 1.807) is 4.90 Å². The summed E-state index contributed by atoms with van der Waals surface area (Å²) in [4.78, 5) is 24.4. The number of hydrogen-bond acceptors (Lipinski definition) is 4. The fourth-order valence-corrected chi connectivity index (χ4v) is 3.81. The van der Waals surface area contributed by atoms with Crippen molar-refractivity contribution < 1.29 is 23.1 Å². The molecule has 0 saturated carbocycles. The SMILES string of the molecule is CC(C)NC(=O)N1CCN(S(=O)(=O)c2ccc(C(=O)O)cc2)CC1. The van der Waals surface area contributed by atoms with E-state index >= 15 is 0 Å². The number of carbonyl (C=O) groups excluding carboxylic acids is 1. The van der Waals surface area contributed by atoms with Crippen LogP contribution in [0.1, 0.15) is 24.2 Å². The highest BCUT2D eigenvalue weighted by Gasteiger charge is 2.30. The number of carboxylic acids is 1. The minimum atomic E-state index is -3.69. The van der Waals surface area contributed by atoms with Crippen LogP contribution in [0.2, 0.25) is 0 Å². The van der Waals surface area contributed by atoms with E-state index in [0.29, 0.717) is 13.1 Å². The lowest BCUT2D eigenvalue weighted by Gasteiger charge is -2.34. The normalized spacial score (nSPS) is 16.2. The second kappa shape index (κ2) is 7.18. The first-order valence-electron chi connectivity index (χ1n) is 7.61. The van der Waals surface area contributed by atoms with E-state index in [9.17, 15) is 18.0 Å². The summed E-state index contributed by atoms with van der Waals surface area (Å²) in [5.74, 6) is -1.11. The Morgan fingerprint density at radius 1 is 1.08 bits per heavy atom. The molecule has 0 bridgehead atoms. The third kappa shape index (κ3) is 4.04. The topological polar surface area (TPSA) is 107 Å². The molecule has 24 heavy (non-hydrogen) atoms. The minimum absolute atomic E-state index is 0.0204. The predicted molar refractivity (Wildman–Crippen MR) is 87.4 cm³/mol. The summed E-state index contributed by atoms with van der Waals surface area (Å²) in [6, 6.07) is 4.93. The molecule has 9 heteroatoms. The molecule has 0 atom stereocenters. The Bertz CT molecular complexity index is 707. The molecule has 1 aromatic rings. The van der Waals surface area contributed by atoms with Gasteiger partial charge in [0, 0.05) is 32.2 Å². The largest absolute Gasteiger partial charge is 0.478 e. The fraction of sp³-hybridized carbons (Fsp3) is 0.467. The van der Waals surface area contributed by atoms with E-state index < -0.39 is 16.0 Å². The summed E-state index contributed by atoms with van der Waals surface area (Å²) < 4.78 is 26.5. The van der Waals surface area contributed by atoms with Gasteiger partial charge in [-0.1, -0.05) is 0 Å². The fourth-order valence-electron chi connectivity index (χ4n) is 2.39. The molecule has 132 valence electrons. The van der Waals surface area contributed by atoms with Gasteiger partial charge in [0.2, 0.25) is 10.0 Å². The van der Waals surface area contributed by atoms with Gasteiger partial charge in [-0.2, -0.15) is 4.31 Å². The molecule has 2 amide bonds. The Morgan fingerprint density at radius 3 is 2.08 bits per heavy atom. The van der Waals surface area contributed by atoms with Gasteiger partial charge in [-0.25, -0.2) is 18.0 Å². The Balaban J connectivity index is 2.04. The van der Waals surface area contributed by atoms with E-state index in [1.807, 2.05) is 13.8 Å². The third-order valence-electron chi connectivity index (χ3n) is 3.68. The highest BCUT2D eigenvalue weighted by molar-refractivity contribution is 7.89. The first-order valence-corrected chi connectivity index (χ1v) is 9.05. The number of nitrogens with one attached hydrogen (secondary N) is 1. The van der Waals surface area contributed by atoms with Crippen LogP contribution in [0.25, 0.3) is 0 Å². The van der Waals surface area contributed by atoms with Crippen molar-refractivity contribution in [3.05, 3.63) is 29.8 Å². The Labute approximate surface area is 141 Å². The van der Waals surface area contributed by atoms with Gasteiger partial charge >= 0.3 is 12.0 Å². The van der Waals surface area contributed by atoms with Crippen LogP contribution in [0.15, 0.2) is 29.2 Å². The standard InChI is InChI=1S/C15H21N3O5S/c1-11(2)16-15(21)17-7-9-18(10-8-17)24(22,23)13-5-3-12(4-6-13)14(19)20/h3-6,11H,7-10H2,1-2H3,(H,16,21)(H,19,20). The molecular formula is C15H21N3O5S. The molecule has 2 N–H and O–H groups in total. The lowest BCUT2D eigenvalue weighted by atomic mass is 10.2. The quantitative estimate of drug-likeness (QED) is 0.831. The van der Waals surface area contributed by atoms with Gasteiger partial charge < -0.3 is 15.3 Å². The number of benzene rings is 1. The number of carboxylic acid groups (broad SMARTS) is 1. The first-order chi connectivity index (χ1) is 11.2. The maximum Gasteiger partial charge on any atom is 0.335 e. The van der Waals surface area contributed by atoms with Crippen LogP contribution in [-0.2, 0) is 10.0 Å². The Hall–Kier alpha value is -2.13. The summed E-state index contributed by atoms with van der Waals surface area (Å²) >= 11 is 0. The second-order valence-corrected chi connectivity index (χ2v) is 7.76. The van der Waals surface area contributed by atoms with Crippen molar-refractivity contribution in [1.29, 1.82) is 0 Å². The van der Waals surface area contributed by atoms with E-state index in [0.717, 1.165) is 0 Å². The molecule has 0 aromatic heterocycles. The summed E-state index contributed by atoms with van der Waals surface area (Å²) in [6.45, 7) is 4.75. The van der Waals surface area contributed by atoms with Crippen LogP contribution in [0.5, 0.6) is 0 Å². The first kappa shape index (κ1) is 18.2. The monoisotopic (exact) mass is 355 g/mol. The van der Waals surface area contributed by atoms with Crippen molar-refractivity contribution in [3.8, 4) is 0 Å². The molecule has 0 spiro atoms. The Kier molecular flexibility index (Phi) is 5.45. The number of carbonyl (C=O) groups is 2. The van der Waals surface area contributed by atoms with Gasteiger partial charge in [0.1, 0.15) is 0 Å². The van der Waals surface area contributed by atoms with Crippen molar-refractivity contribution in [2.45, 2.75) is 24.8 Å². The van der Waals surface area contributed by atoms with Gasteiger partial charge in [-0.3, -0.25) is 0 Å². The molecule has 1 aliphatic heterocycles. The zero-order chi connectivity index (χ0) is 17.9. The molecule has 8 nitrogen and oxygen atoms in total. The molecular weight excluding hydrogens is 334 g/mol. The highest BCUT2D eigenvalue weighted by Crippen LogP contribution is 2.18. The summed E-state index contributed by atoms with van der Waals surface area (Å²) in [5.41, 5.74) is 0.0316. The van der Waals surface area contributed by atoms with Crippen LogP contribution in [0, 0.1) is 0 Å². The number of hydrogen-bond donors (Lipinski definition) is 2. The van der Waals surface area contributed by atoms with Crippen LogP contribution in [0.3, 0.4) is 0 Å². The molecule has 1 aromatic carbocycles. The molecule has 0 aliphatic carbocycles. The van der Waals surface area contributed by atoms with Crippen molar-refractivity contribution in [3.63, 3.8) is 0 Å². The second-order valence-electron chi connectivity index (χ2n) is 5.82. The van der Waals surface area contributed by atoms with Crippen LogP contribution in [-0.4, -0.2) is 67.0 Å². The number of sulfonamides is 1. The summed E-state index contributed by atoms with van der Waals surface area (Å²) in [5, 5.41) is 11.6. The molecule has 1 fully saturated rings. The number of amides is 2. The van der Waals surface area contributed by atoms with Crippen LogP contribution < -0.4 is 5.32 Å². The van der Waals surface area contributed by atoms with Gasteiger partial charge in [0.25, 0.3) is 0 Å². The predicted octanol–water partition coefficient (Wildman–Crippen LogP) is 0.809. The number of nitrogens with zero attached hydrogens (tertiary/aromatic N) is 2. The lowest BCUT2D eigenvalue weighted by Crippen LogP contribution is -2.53. The average molecular weight is 355 g/mol. The van der Waals surface area contributed by atoms with E-state index in [-0.39, 0.29) is 35.6 Å².